The number of pyridine rings is 1. The molecule has 0 spiro atoms. The molecule has 3 heteroatoms. The van der Waals surface area contributed by atoms with E-state index in [4.69, 9.17) is 0 Å². The highest BCUT2D eigenvalue weighted by Crippen LogP contribution is 2.24. The first-order chi connectivity index (χ1) is 5.77. The summed E-state index contributed by atoms with van der Waals surface area (Å²) < 4.78 is 12.6. The van der Waals surface area contributed by atoms with Crippen LogP contribution in [-0.2, 0) is 0 Å². The van der Waals surface area contributed by atoms with Crippen molar-refractivity contribution in [3.05, 3.63) is 29.3 Å². The van der Waals surface area contributed by atoms with Crippen LogP contribution >= 0.6 is 0 Å². The highest BCUT2D eigenvalue weighted by molar-refractivity contribution is 5.26. The van der Waals surface area contributed by atoms with Crippen molar-refractivity contribution >= 4 is 0 Å². The fourth-order valence-electron chi connectivity index (χ4n) is 1.45. The molecule has 1 saturated heterocycles. The van der Waals surface area contributed by atoms with Gasteiger partial charge >= 0.3 is 0 Å². The Balaban J connectivity index is 2.31. The van der Waals surface area contributed by atoms with Crippen LogP contribution in [0.1, 0.15) is 23.6 Å². The summed E-state index contributed by atoms with van der Waals surface area (Å²) in [5, 5.41) is 3.26. The maximum atomic E-state index is 12.6. The first-order valence-corrected chi connectivity index (χ1v) is 4.13. The van der Waals surface area contributed by atoms with Gasteiger partial charge in [0.1, 0.15) is 0 Å². The topological polar surface area (TPSA) is 24.9 Å². The molecule has 0 radical (unpaired) electrons. The molecule has 12 heavy (non-hydrogen) atoms. The minimum Gasteiger partial charge on any atom is -0.310 e. The second-order valence-electron chi connectivity index (χ2n) is 3.16. The molecule has 1 aliphatic heterocycles. The Morgan fingerprint density at radius 1 is 1.67 bits per heavy atom. The van der Waals surface area contributed by atoms with Crippen molar-refractivity contribution in [3.63, 3.8) is 0 Å². The van der Waals surface area contributed by atoms with Gasteiger partial charge in [-0.1, -0.05) is 0 Å². The van der Waals surface area contributed by atoms with E-state index in [9.17, 15) is 4.39 Å². The smallest absolute Gasteiger partial charge is 0.213 e. The number of rotatable bonds is 1. The number of nitrogens with one attached hydrogen (secondary N) is 1. The van der Waals surface area contributed by atoms with Crippen LogP contribution in [0.5, 0.6) is 0 Å². The van der Waals surface area contributed by atoms with Crippen molar-refractivity contribution in [1.82, 2.24) is 10.3 Å². The third kappa shape index (κ3) is 1.20. The van der Waals surface area contributed by atoms with Crippen LogP contribution < -0.4 is 5.32 Å². The summed E-state index contributed by atoms with van der Waals surface area (Å²) in [6, 6.07) is 1.88. The maximum absolute atomic E-state index is 12.6. The van der Waals surface area contributed by atoms with Crippen LogP contribution in [0.2, 0.25) is 0 Å². The number of aromatic nitrogens is 1. The standard InChI is InChI=1S/C9H11FN2/c1-6-4-9(10)12-5-7(6)8-2-3-11-8/h4-5,8,11H,2-3H2,1H3. The van der Waals surface area contributed by atoms with E-state index in [1.54, 1.807) is 6.20 Å². The number of nitrogens with zero attached hydrogens (tertiary/aromatic N) is 1. The second kappa shape index (κ2) is 2.83. The molecule has 1 aromatic heterocycles. The minimum absolute atomic E-state index is 0.393. The normalized spacial score (nSPS) is 22.0. The summed E-state index contributed by atoms with van der Waals surface area (Å²) in [6.07, 6.45) is 2.76. The number of hydrogen-bond acceptors (Lipinski definition) is 2. The van der Waals surface area contributed by atoms with Gasteiger partial charge in [0.05, 0.1) is 0 Å². The third-order valence-corrected chi connectivity index (χ3v) is 2.32. The molecule has 1 aliphatic rings. The Morgan fingerprint density at radius 2 is 2.42 bits per heavy atom. The molecule has 64 valence electrons. The molecule has 1 N–H and O–H groups in total. The Labute approximate surface area is 70.8 Å². The number of hydrogen-bond donors (Lipinski definition) is 1. The lowest BCUT2D eigenvalue weighted by Gasteiger charge is -2.28. The molecule has 1 atom stereocenters. The van der Waals surface area contributed by atoms with Crippen molar-refractivity contribution in [2.45, 2.75) is 19.4 Å². The van der Waals surface area contributed by atoms with Crippen molar-refractivity contribution in [2.24, 2.45) is 0 Å². The van der Waals surface area contributed by atoms with Crippen LogP contribution in [0.25, 0.3) is 0 Å². The molecule has 1 fully saturated rings. The zero-order valence-corrected chi connectivity index (χ0v) is 6.97. The summed E-state index contributed by atoms with van der Waals surface area (Å²) >= 11 is 0. The maximum Gasteiger partial charge on any atom is 0.213 e. The van der Waals surface area contributed by atoms with E-state index >= 15 is 0 Å². The van der Waals surface area contributed by atoms with E-state index in [1.165, 1.54) is 6.07 Å². The van der Waals surface area contributed by atoms with Gasteiger partial charge in [-0.05, 0) is 37.1 Å². The predicted molar refractivity (Wildman–Crippen MR) is 44.3 cm³/mol. The Kier molecular flexibility index (Phi) is 1.81. The average molecular weight is 166 g/mol. The molecule has 1 unspecified atom stereocenters. The fourth-order valence-corrected chi connectivity index (χ4v) is 1.45. The highest BCUT2D eigenvalue weighted by Gasteiger charge is 2.20. The van der Waals surface area contributed by atoms with Gasteiger partial charge in [-0.15, -0.1) is 0 Å². The van der Waals surface area contributed by atoms with Crippen molar-refractivity contribution in [3.8, 4) is 0 Å². The fraction of sp³-hybridized carbons (Fsp3) is 0.444. The summed E-state index contributed by atoms with van der Waals surface area (Å²) in [5.74, 6) is -0.393. The quantitative estimate of drug-likeness (QED) is 0.640. The Bertz CT molecular complexity index is 295. The Morgan fingerprint density at radius 3 is 2.92 bits per heavy atom. The number of aryl methyl sites for hydroxylation is 1. The first-order valence-electron chi connectivity index (χ1n) is 4.13. The van der Waals surface area contributed by atoms with Gasteiger partial charge in [0.25, 0.3) is 0 Å². The van der Waals surface area contributed by atoms with E-state index in [0.29, 0.717) is 6.04 Å². The van der Waals surface area contributed by atoms with Crippen LogP contribution in [-0.4, -0.2) is 11.5 Å². The van der Waals surface area contributed by atoms with Gasteiger partial charge in [0.15, 0.2) is 0 Å². The summed E-state index contributed by atoms with van der Waals surface area (Å²) in [4.78, 5) is 3.64. The Hall–Kier alpha value is -0.960. The first kappa shape index (κ1) is 7.68. The minimum atomic E-state index is -0.393. The molecule has 2 heterocycles. The highest BCUT2D eigenvalue weighted by atomic mass is 19.1. The molecule has 0 amide bonds. The molecule has 2 nitrogen and oxygen atoms in total. The molecule has 1 aromatic rings. The van der Waals surface area contributed by atoms with Crippen molar-refractivity contribution < 1.29 is 4.39 Å². The van der Waals surface area contributed by atoms with Crippen molar-refractivity contribution in [1.29, 1.82) is 0 Å². The second-order valence-corrected chi connectivity index (χ2v) is 3.16. The van der Waals surface area contributed by atoms with Gasteiger partial charge < -0.3 is 5.32 Å². The lowest BCUT2D eigenvalue weighted by Crippen LogP contribution is -2.35. The van der Waals surface area contributed by atoms with Crippen LogP contribution in [0, 0.1) is 12.9 Å². The number of halogens is 1. The molecule has 0 bridgehead atoms. The SMILES string of the molecule is Cc1cc(F)ncc1C1CCN1. The van der Waals surface area contributed by atoms with E-state index < -0.39 is 5.95 Å². The largest absolute Gasteiger partial charge is 0.310 e. The van der Waals surface area contributed by atoms with Crippen LogP contribution in [0.3, 0.4) is 0 Å². The molecule has 2 rings (SSSR count). The van der Waals surface area contributed by atoms with Gasteiger partial charge in [-0.2, -0.15) is 4.39 Å². The van der Waals surface area contributed by atoms with Gasteiger partial charge in [-0.25, -0.2) is 4.98 Å². The summed E-state index contributed by atoms with van der Waals surface area (Å²) in [6.45, 7) is 2.97. The van der Waals surface area contributed by atoms with Gasteiger partial charge in [0.2, 0.25) is 5.95 Å². The van der Waals surface area contributed by atoms with Crippen molar-refractivity contribution in [2.75, 3.05) is 6.54 Å². The predicted octanol–water partition coefficient (Wildman–Crippen LogP) is 1.56. The third-order valence-electron chi connectivity index (χ3n) is 2.32. The van der Waals surface area contributed by atoms with Crippen LogP contribution in [0.15, 0.2) is 12.3 Å². The van der Waals surface area contributed by atoms with E-state index in [1.807, 2.05) is 6.92 Å². The van der Waals surface area contributed by atoms with Gasteiger partial charge in [-0.3, -0.25) is 0 Å². The van der Waals surface area contributed by atoms with E-state index in [-0.39, 0.29) is 0 Å². The monoisotopic (exact) mass is 166 g/mol. The van der Waals surface area contributed by atoms with E-state index in [0.717, 1.165) is 24.1 Å². The molecular weight excluding hydrogens is 155 g/mol. The zero-order valence-electron chi connectivity index (χ0n) is 6.97. The summed E-state index contributed by atoms with van der Waals surface area (Å²) in [5.41, 5.74) is 2.11. The molecule has 0 saturated carbocycles. The molecular formula is C9H11FN2. The zero-order chi connectivity index (χ0) is 8.55. The lowest BCUT2D eigenvalue weighted by atomic mass is 9.96. The molecule has 0 aromatic carbocycles. The summed E-state index contributed by atoms with van der Waals surface area (Å²) in [7, 11) is 0. The lowest BCUT2D eigenvalue weighted by molar-refractivity contribution is 0.380. The van der Waals surface area contributed by atoms with Crippen LogP contribution in [0.4, 0.5) is 4.39 Å². The van der Waals surface area contributed by atoms with Gasteiger partial charge in [0, 0.05) is 12.2 Å². The van der Waals surface area contributed by atoms with E-state index in [2.05, 4.69) is 10.3 Å². The average Bonchev–Trinajstić information content (AvgIpc) is 1.91. The molecule has 0 aliphatic carbocycles.